The number of ether oxygens (including phenoxy) is 1. The summed E-state index contributed by atoms with van der Waals surface area (Å²) in [6.07, 6.45) is 4.60. The van der Waals surface area contributed by atoms with Crippen molar-refractivity contribution in [3.05, 3.63) is 42.0 Å². The summed E-state index contributed by atoms with van der Waals surface area (Å²) in [6.45, 7) is 4.06. The van der Waals surface area contributed by atoms with Crippen molar-refractivity contribution in [2.75, 3.05) is 7.11 Å². The molecule has 0 bridgehead atoms. The number of allylic oxidation sites excluding steroid dienone is 2. The van der Waals surface area contributed by atoms with E-state index in [0.717, 1.165) is 11.3 Å². The molecule has 1 aliphatic rings. The van der Waals surface area contributed by atoms with Gasteiger partial charge in [0.15, 0.2) is 0 Å². The third kappa shape index (κ3) is 4.16. The van der Waals surface area contributed by atoms with Gasteiger partial charge in [-0.15, -0.1) is 0 Å². The number of hydrogen-bond acceptors (Lipinski definition) is 3. The summed E-state index contributed by atoms with van der Waals surface area (Å²) in [5.74, 6) is -1.34. The third-order valence-corrected chi connectivity index (χ3v) is 4.53. The Balaban J connectivity index is 2.15. The van der Waals surface area contributed by atoms with Crippen molar-refractivity contribution in [3.8, 4) is 5.75 Å². The van der Waals surface area contributed by atoms with E-state index in [2.05, 4.69) is 5.32 Å². The van der Waals surface area contributed by atoms with E-state index < -0.39 is 17.8 Å². The summed E-state index contributed by atoms with van der Waals surface area (Å²) in [5.41, 5.74) is 0.984. The van der Waals surface area contributed by atoms with E-state index in [4.69, 9.17) is 4.74 Å². The number of aliphatic carboxylic acids is 1. The molecule has 0 saturated carbocycles. The molecule has 130 valence electrons. The van der Waals surface area contributed by atoms with Crippen molar-refractivity contribution >= 4 is 11.9 Å². The van der Waals surface area contributed by atoms with Gasteiger partial charge in [-0.3, -0.25) is 9.59 Å². The molecule has 3 atom stereocenters. The predicted octanol–water partition coefficient (Wildman–Crippen LogP) is 3.18. The van der Waals surface area contributed by atoms with Gasteiger partial charge in [-0.25, -0.2) is 0 Å². The molecular formula is C19H25NO4. The van der Waals surface area contributed by atoms with Crippen LogP contribution in [0.1, 0.15) is 38.3 Å². The highest BCUT2D eigenvalue weighted by molar-refractivity contribution is 5.85. The first-order chi connectivity index (χ1) is 11.4. The van der Waals surface area contributed by atoms with Gasteiger partial charge in [-0.05, 0) is 36.5 Å². The summed E-state index contributed by atoms with van der Waals surface area (Å²) < 4.78 is 5.17. The Kier molecular flexibility index (Phi) is 6.01. The molecule has 5 nitrogen and oxygen atoms in total. The Morgan fingerprint density at radius 2 is 1.71 bits per heavy atom. The van der Waals surface area contributed by atoms with Crippen LogP contribution in [0.15, 0.2) is 36.4 Å². The minimum Gasteiger partial charge on any atom is -0.497 e. The lowest BCUT2D eigenvalue weighted by molar-refractivity contribution is -0.147. The number of carbonyl (C=O) groups is 2. The molecule has 0 aliphatic heterocycles. The minimum atomic E-state index is -0.912. The Hall–Kier alpha value is -2.30. The van der Waals surface area contributed by atoms with Crippen molar-refractivity contribution in [1.29, 1.82) is 0 Å². The van der Waals surface area contributed by atoms with Crippen LogP contribution in [0.4, 0.5) is 0 Å². The summed E-state index contributed by atoms with van der Waals surface area (Å²) in [5, 5.41) is 12.4. The van der Waals surface area contributed by atoms with Crippen LogP contribution in [0.3, 0.4) is 0 Å². The van der Waals surface area contributed by atoms with E-state index >= 15 is 0 Å². The van der Waals surface area contributed by atoms with E-state index in [0.29, 0.717) is 12.8 Å². The highest BCUT2D eigenvalue weighted by Gasteiger charge is 2.35. The highest BCUT2D eigenvalue weighted by atomic mass is 16.5. The zero-order valence-corrected chi connectivity index (χ0v) is 14.4. The Bertz CT molecular complexity index is 606. The van der Waals surface area contributed by atoms with Crippen molar-refractivity contribution in [2.24, 2.45) is 17.8 Å². The van der Waals surface area contributed by atoms with Crippen LogP contribution in [-0.2, 0) is 9.59 Å². The molecule has 1 amide bonds. The molecule has 2 rings (SSSR count). The van der Waals surface area contributed by atoms with Crippen LogP contribution >= 0.6 is 0 Å². The first-order valence-corrected chi connectivity index (χ1v) is 8.26. The molecule has 0 unspecified atom stereocenters. The first-order valence-electron chi connectivity index (χ1n) is 8.26. The largest absolute Gasteiger partial charge is 0.497 e. The van der Waals surface area contributed by atoms with Gasteiger partial charge >= 0.3 is 5.97 Å². The van der Waals surface area contributed by atoms with Gasteiger partial charge in [0.05, 0.1) is 25.0 Å². The Morgan fingerprint density at radius 3 is 2.21 bits per heavy atom. The quantitative estimate of drug-likeness (QED) is 0.785. The van der Waals surface area contributed by atoms with Gasteiger partial charge in [-0.2, -0.15) is 0 Å². The fourth-order valence-corrected chi connectivity index (χ4v) is 3.08. The number of benzene rings is 1. The SMILES string of the molecule is COc1ccc([C@H](NC(=O)[C@@H]2CC=CC[C@H]2C(=O)O)C(C)C)cc1. The summed E-state index contributed by atoms with van der Waals surface area (Å²) >= 11 is 0. The molecule has 0 heterocycles. The lowest BCUT2D eigenvalue weighted by Crippen LogP contribution is -2.41. The molecule has 0 radical (unpaired) electrons. The molecule has 0 spiro atoms. The Morgan fingerprint density at radius 1 is 1.12 bits per heavy atom. The van der Waals surface area contributed by atoms with E-state index in [1.165, 1.54) is 0 Å². The average Bonchev–Trinajstić information content (AvgIpc) is 2.59. The molecule has 1 aromatic rings. The van der Waals surface area contributed by atoms with Gasteiger partial charge in [0.1, 0.15) is 5.75 Å². The molecule has 2 N–H and O–H groups in total. The number of methoxy groups -OCH3 is 1. The van der Waals surface area contributed by atoms with Crippen molar-refractivity contribution in [2.45, 2.75) is 32.7 Å². The lowest BCUT2D eigenvalue weighted by atomic mass is 9.82. The maximum Gasteiger partial charge on any atom is 0.307 e. The zero-order chi connectivity index (χ0) is 17.7. The molecule has 24 heavy (non-hydrogen) atoms. The topological polar surface area (TPSA) is 75.6 Å². The predicted molar refractivity (Wildman–Crippen MR) is 91.7 cm³/mol. The Labute approximate surface area is 142 Å². The standard InChI is InChI=1S/C19H25NO4/c1-12(2)17(13-8-10-14(24-3)11-9-13)20-18(21)15-6-4-5-7-16(15)19(22)23/h4-5,8-12,15-17H,6-7H2,1-3H3,(H,20,21)(H,22,23)/t15-,16-,17-/m1/s1. The number of carboxylic acids is 1. The van der Waals surface area contributed by atoms with Crippen LogP contribution in [0, 0.1) is 17.8 Å². The van der Waals surface area contributed by atoms with Crippen molar-refractivity contribution in [1.82, 2.24) is 5.32 Å². The van der Waals surface area contributed by atoms with Gasteiger partial charge in [-0.1, -0.05) is 38.1 Å². The number of nitrogens with one attached hydrogen (secondary N) is 1. The molecule has 1 aromatic carbocycles. The summed E-state index contributed by atoms with van der Waals surface area (Å²) in [6, 6.07) is 7.42. The molecule has 0 saturated heterocycles. The number of amides is 1. The monoisotopic (exact) mass is 331 g/mol. The molecule has 0 aromatic heterocycles. The van der Waals surface area contributed by atoms with Crippen molar-refractivity contribution in [3.63, 3.8) is 0 Å². The van der Waals surface area contributed by atoms with Crippen molar-refractivity contribution < 1.29 is 19.4 Å². The average molecular weight is 331 g/mol. The fourth-order valence-electron chi connectivity index (χ4n) is 3.08. The minimum absolute atomic E-state index is 0.163. The third-order valence-electron chi connectivity index (χ3n) is 4.53. The molecule has 5 heteroatoms. The molecule has 0 fully saturated rings. The smallest absolute Gasteiger partial charge is 0.307 e. The van der Waals surface area contributed by atoms with E-state index in [1.54, 1.807) is 7.11 Å². The summed E-state index contributed by atoms with van der Waals surface area (Å²) in [4.78, 5) is 24.1. The second-order valence-corrected chi connectivity index (χ2v) is 6.50. The highest BCUT2D eigenvalue weighted by Crippen LogP contribution is 2.29. The zero-order valence-electron chi connectivity index (χ0n) is 14.4. The fraction of sp³-hybridized carbons (Fsp3) is 0.474. The van der Waals surface area contributed by atoms with Crippen LogP contribution in [0.2, 0.25) is 0 Å². The number of hydrogen-bond donors (Lipinski definition) is 2. The number of carbonyl (C=O) groups excluding carboxylic acids is 1. The van der Waals surface area contributed by atoms with Crippen LogP contribution < -0.4 is 10.1 Å². The van der Waals surface area contributed by atoms with E-state index in [9.17, 15) is 14.7 Å². The van der Waals surface area contributed by atoms with Gasteiger partial charge in [0.25, 0.3) is 0 Å². The molecule has 1 aliphatic carbocycles. The normalized spacial score (nSPS) is 21.3. The maximum atomic E-state index is 12.7. The second-order valence-electron chi connectivity index (χ2n) is 6.50. The van der Waals surface area contributed by atoms with Gasteiger partial charge in [0, 0.05) is 0 Å². The van der Waals surface area contributed by atoms with Gasteiger partial charge in [0.2, 0.25) is 5.91 Å². The lowest BCUT2D eigenvalue weighted by Gasteiger charge is -2.29. The summed E-state index contributed by atoms with van der Waals surface area (Å²) in [7, 11) is 1.61. The first kappa shape index (κ1) is 18.0. The van der Waals surface area contributed by atoms with Crippen LogP contribution in [0.5, 0.6) is 5.75 Å². The second kappa shape index (κ2) is 7.99. The van der Waals surface area contributed by atoms with Gasteiger partial charge < -0.3 is 15.2 Å². The molecular weight excluding hydrogens is 306 g/mol. The number of carboxylic acid groups (broad SMARTS) is 1. The van der Waals surface area contributed by atoms with E-state index in [-0.39, 0.29) is 17.9 Å². The van der Waals surface area contributed by atoms with Crippen LogP contribution in [-0.4, -0.2) is 24.1 Å². The van der Waals surface area contributed by atoms with Crippen LogP contribution in [0.25, 0.3) is 0 Å². The number of rotatable bonds is 6. The van der Waals surface area contributed by atoms with E-state index in [1.807, 2.05) is 50.3 Å². The maximum absolute atomic E-state index is 12.7.